The summed E-state index contributed by atoms with van der Waals surface area (Å²) < 4.78 is 26.7. The number of benzene rings is 1. The van der Waals surface area contributed by atoms with Crippen molar-refractivity contribution < 1.29 is 13.2 Å². The number of nitrogens with zero attached hydrogens (tertiary/aromatic N) is 3. The molecule has 1 aromatic heterocycles. The summed E-state index contributed by atoms with van der Waals surface area (Å²) in [5.74, 6) is -0.461. The standard InChI is InChI=1S/C18H20N4O3S/c1-14(15-7-9-19-10-8-15)20-21-18(23)16-5-4-6-17(13-16)26(24,25)22-11-2-3-12-22/h4-10,13H,2-3,11-12H2,1H3,(H,21,23)/b20-14-. The Labute approximate surface area is 152 Å². The highest BCUT2D eigenvalue weighted by molar-refractivity contribution is 7.89. The van der Waals surface area contributed by atoms with Gasteiger partial charge in [-0.15, -0.1) is 0 Å². The summed E-state index contributed by atoms with van der Waals surface area (Å²) in [6.45, 7) is 2.81. The number of nitrogens with one attached hydrogen (secondary N) is 1. The summed E-state index contributed by atoms with van der Waals surface area (Å²) >= 11 is 0. The maximum absolute atomic E-state index is 12.6. The molecule has 26 heavy (non-hydrogen) atoms. The summed E-state index contributed by atoms with van der Waals surface area (Å²) in [4.78, 5) is 16.4. The zero-order valence-electron chi connectivity index (χ0n) is 14.4. The summed E-state index contributed by atoms with van der Waals surface area (Å²) in [7, 11) is -3.56. The number of pyridine rings is 1. The molecular weight excluding hydrogens is 352 g/mol. The Morgan fingerprint density at radius 1 is 1.12 bits per heavy atom. The van der Waals surface area contributed by atoms with E-state index in [0.717, 1.165) is 18.4 Å². The Bertz CT molecular complexity index is 920. The molecule has 1 N–H and O–H groups in total. The van der Waals surface area contributed by atoms with Gasteiger partial charge in [0.05, 0.1) is 10.6 Å². The number of sulfonamides is 1. The lowest BCUT2D eigenvalue weighted by Crippen LogP contribution is -2.28. The zero-order valence-corrected chi connectivity index (χ0v) is 15.2. The lowest BCUT2D eigenvalue weighted by atomic mass is 10.2. The van der Waals surface area contributed by atoms with Gasteiger partial charge >= 0.3 is 0 Å². The second kappa shape index (κ2) is 7.76. The molecule has 0 aliphatic carbocycles. The molecule has 3 rings (SSSR count). The molecule has 1 fully saturated rings. The molecule has 8 heteroatoms. The molecule has 1 aromatic carbocycles. The van der Waals surface area contributed by atoms with Gasteiger partial charge in [-0.3, -0.25) is 9.78 Å². The second-order valence-corrected chi connectivity index (χ2v) is 7.95. The fourth-order valence-corrected chi connectivity index (χ4v) is 4.30. The predicted octanol–water partition coefficient (Wildman–Crippen LogP) is 2.02. The summed E-state index contributed by atoms with van der Waals surface area (Å²) in [5.41, 5.74) is 4.18. The summed E-state index contributed by atoms with van der Waals surface area (Å²) in [6.07, 6.45) is 5.01. The first-order valence-electron chi connectivity index (χ1n) is 8.34. The summed E-state index contributed by atoms with van der Waals surface area (Å²) in [5, 5.41) is 4.07. The molecule has 7 nitrogen and oxygen atoms in total. The van der Waals surface area contributed by atoms with Crippen molar-refractivity contribution in [3.8, 4) is 0 Å². The van der Waals surface area contributed by atoms with Crippen LogP contribution in [0.5, 0.6) is 0 Å². The van der Waals surface area contributed by atoms with E-state index in [-0.39, 0.29) is 10.5 Å². The van der Waals surface area contributed by atoms with Crippen LogP contribution in [0.2, 0.25) is 0 Å². The van der Waals surface area contributed by atoms with Crippen LogP contribution >= 0.6 is 0 Å². The first kappa shape index (κ1) is 18.2. The molecule has 2 aromatic rings. The Balaban J connectivity index is 1.76. The largest absolute Gasteiger partial charge is 0.271 e. The number of hydrogen-bond donors (Lipinski definition) is 1. The molecule has 1 saturated heterocycles. The lowest BCUT2D eigenvalue weighted by Gasteiger charge is -2.15. The van der Waals surface area contributed by atoms with Gasteiger partial charge in [0.2, 0.25) is 10.0 Å². The second-order valence-electron chi connectivity index (χ2n) is 6.01. The molecule has 0 saturated carbocycles. The minimum Gasteiger partial charge on any atom is -0.267 e. The van der Waals surface area contributed by atoms with E-state index in [0.29, 0.717) is 18.8 Å². The van der Waals surface area contributed by atoms with E-state index < -0.39 is 15.9 Å². The van der Waals surface area contributed by atoms with Crippen molar-refractivity contribution >= 4 is 21.6 Å². The molecule has 0 atom stereocenters. The average Bonchev–Trinajstić information content (AvgIpc) is 3.22. The highest BCUT2D eigenvalue weighted by Gasteiger charge is 2.27. The van der Waals surface area contributed by atoms with E-state index in [1.807, 2.05) is 0 Å². The first-order chi connectivity index (χ1) is 12.5. The van der Waals surface area contributed by atoms with E-state index in [4.69, 9.17) is 0 Å². The van der Waals surface area contributed by atoms with Crippen molar-refractivity contribution in [1.29, 1.82) is 0 Å². The number of carbonyl (C=O) groups is 1. The van der Waals surface area contributed by atoms with Crippen molar-refractivity contribution in [3.05, 3.63) is 59.9 Å². The minimum atomic E-state index is -3.56. The van der Waals surface area contributed by atoms with Crippen LogP contribution in [0.25, 0.3) is 0 Å². The maximum Gasteiger partial charge on any atom is 0.271 e. The van der Waals surface area contributed by atoms with Gasteiger partial charge in [-0.2, -0.15) is 9.41 Å². The van der Waals surface area contributed by atoms with Gasteiger partial charge in [-0.05, 0) is 50.1 Å². The normalized spacial score (nSPS) is 15.8. The molecule has 0 radical (unpaired) electrons. The Morgan fingerprint density at radius 2 is 1.81 bits per heavy atom. The average molecular weight is 372 g/mol. The number of amides is 1. The topological polar surface area (TPSA) is 91.7 Å². The highest BCUT2D eigenvalue weighted by atomic mass is 32.2. The Morgan fingerprint density at radius 3 is 2.50 bits per heavy atom. The molecule has 0 unspecified atom stereocenters. The minimum absolute atomic E-state index is 0.127. The fourth-order valence-electron chi connectivity index (χ4n) is 2.73. The van der Waals surface area contributed by atoms with Crippen molar-refractivity contribution in [3.63, 3.8) is 0 Å². The monoisotopic (exact) mass is 372 g/mol. The number of rotatable bonds is 5. The molecular formula is C18H20N4O3S. The zero-order chi connectivity index (χ0) is 18.6. The Hall–Kier alpha value is -2.58. The quantitative estimate of drug-likeness (QED) is 0.642. The van der Waals surface area contributed by atoms with Crippen LogP contribution in [0.4, 0.5) is 0 Å². The Kier molecular flexibility index (Phi) is 5.43. The van der Waals surface area contributed by atoms with Crippen molar-refractivity contribution in [2.45, 2.75) is 24.7 Å². The van der Waals surface area contributed by atoms with Crippen LogP contribution in [0.15, 0.2) is 58.8 Å². The van der Waals surface area contributed by atoms with Crippen LogP contribution in [0.1, 0.15) is 35.7 Å². The number of carbonyl (C=O) groups excluding carboxylic acids is 1. The van der Waals surface area contributed by atoms with Crippen LogP contribution in [0.3, 0.4) is 0 Å². The van der Waals surface area contributed by atoms with Gasteiger partial charge in [0.25, 0.3) is 5.91 Å². The first-order valence-corrected chi connectivity index (χ1v) is 9.78. The van der Waals surface area contributed by atoms with Gasteiger partial charge in [-0.1, -0.05) is 6.07 Å². The number of hydrogen-bond acceptors (Lipinski definition) is 5. The third-order valence-corrected chi connectivity index (χ3v) is 6.12. The third-order valence-electron chi connectivity index (χ3n) is 4.22. The molecule has 2 heterocycles. The van der Waals surface area contributed by atoms with Crippen LogP contribution in [-0.4, -0.2) is 42.4 Å². The SMILES string of the molecule is C/C(=N/NC(=O)c1cccc(S(=O)(=O)N2CCCC2)c1)c1ccncc1. The molecule has 1 aliphatic heterocycles. The molecule has 1 aliphatic rings. The van der Waals surface area contributed by atoms with E-state index in [1.165, 1.54) is 16.4 Å². The van der Waals surface area contributed by atoms with Crippen LogP contribution in [0, 0.1) is 0 Å². The number of hydrazone groups is 1. The highest BCUT2D eigenvalue weighted by Crippen LogP contribution is 2.21. The van der Waals surface area contributed by atoms with E-state index in [2.05, 4.69) is 15.5 Å². The van der Waals surface area contributed by atoms with Crippen molar-refractivity contribution in [2.75, 3.05) is 13.1 Å². The lowest BCUT2D eigenvalue weighted by molar-refractivity contribution is 0.0954. The van der Waals surface area contributed by atoms with Crippen LogP contribution < -0.4 is 5.43 Å². The summed E-state index contributed by atoms with van der Waals surface area (Å²) in [6, 6.07) is 9.60. The number of aromatic nitrogens is 1. The van der Waals surface area contributed by atoms with E-state index in [9.17, 15) is 13.2 Å². The molecule has 0 bridgehead atoms. The van der Waals surface area contributed by atoms with Gasteiger partial charge < -0.3 is 0 Å². The smallest absolute Gasteiger partial charge is 0.267 e. The van der Waals surface area contributed by atoms with Gasteiger partial charge in [0.15, 0.2) is 0 Å². The maximum atomic E-state index is 12.6. The van der Waals surface area contributed by atoms with Gasteiger partial charge in [0.1, 0.15) is 0 Å². The van der Waals surface area contributed by atoms with Gasteiger partial charge in [0, 0.05) is 36.6 Å². The molecule has 136 valence electrons. The fraction of sp³-hybridized carbons (Fsp3) is 0.278. The van der Waals surface area contributed by atoms with E-state index in [1.54, 1.807) is 43.6 Å². The van der Waals surface area contributed by atoms with E-state index >= 15 is 0 Å². The van der Waals surface area contributed by atoms with Crippen LogP contribution in [-0.2, 0) is 10.0 Å². The van der Waals surface area contributed by atoms with Gasteiger partial charge in [-0.25, -0.2) is 13.8 Å². The van der Waals surface area contributed by atoms with Crippen molar-refractivity contribution in [1.82, 2.24) is 14.7 Å². The predicted molar refractivity (Wildman–Crippen MR) is 98.3 cm³/mol. The third kappa shape index (κ3) is 3.97. The molecule has 0 spiro atoms. The molecule has 1 amide bonds. The van der Waals surface area contributed by atoms with Crippen molar-refractivity contribution in [2.24, 2.45) is 5.10 Å².